The second-order valence-electron chi connectivity index (χ2n) is 3.35. The van der Waals surface area contributed by atoms with Crippen LogP contribution in [0, 0.1) is 6.92 Å². The van der Waals surface area contributed by atoms with Crippen LogP contribution in [0.15, 0.2) is 28.7 Å². The van der Waals surface area contributed by atoms with Crippen LogP contribution < -0.4 is 10.5 Å². The summed E-state index contributed by atoms with van der Waals surface area (Å²) in [4.78, 5) is 0. The van der Waals surface area contributed by atoms with Crippen molar-refractivity contribution in [1.82, 2.24) is 10.2 Å². The van der Waals surface area contributed by atoms with Crippen molar-refractivity contribution in [2.24, 2.45) is 5.73 Å². The van der Waals surface area contributed by atoms with Crippen LogP contribution >= 0.6 is 0 Å². The van der Waals surface area contributed by atoms with E-state index in [1.807, 2.05) is 24.3 Å². The van der Waals surface area contributed by atoms with Gasteiger partial charge in [0.1, 0.15) is 5.75 Å². The number of nitrogens with two attached hydrogens (primary N) is 1. The van der Waals surface area contributed by atoms with Gasteiger partial charge in [0.15, 0.2) is 6.61 Å². The molecule has 0 unspecified atom stereocenters. The van der Waals surface area contributed by atoms with E-state index < -0.39 is 0 Å². The molecule has 5 nitrogen and oxygen atoms in total. The molecule has 0 saturated carbocycles. The fourth-order valence-corrected chi connectivity index (χ4v) is 1.26. The van der Waals surface area contributed by atoms with Crippen LogP contribution in [-0.2, 0) is 13.2 Å². The Bertz CT molecular complexity index is 451. The van der Waals surface area contributed by atoms with E-state index in [4.69, 9.17) is 14.9 Å². The lowest BCUT2D eigenvalue weighted by Gasteiger charge is -2.03. The molecule has 0 spiro atoms. The van der Waals surface area contributed by atoms with Gasteiger partial charge < -0.3 is 14.9 Å². The molecular formula is C11H13N3O2. The van der Waals surface area contributed by atoms with Gasteiger partial charge in [-0.2, -0.15) is 0 Å². The molecule has 0 aliphatic rings. The maximum atomic E-state index is 5.49. The van der Waals surface area contributed by atoms with E-state index in [2.05, 4.69) is 10.2 Å². The van der Waals surface area contributed by atoms with Crippen LogP contribution in [0.2, 0.25) is 0 Å². The van der Waals surface area contributed by atoms with Crippen molar-refractivity contribution in [3.63, 3.8) is 0 Å². The van der Waals surface area contributed by atoms with E-state index >= 15 is 0 Å². The molecule has 0 amide bonds. The summed E-state index contributed by atoms with van der Waals surface area (Å²) >= 11 is 0. The topological polar surface area (TPSA) is 74.2 Å². The lowest BCUT2D eigenvalue weighted by molar-refractivity contribution is 0.260. The third kappa shape index (κ3) is 2.58. The largest absolute Gasteiger partial charge is 0.484 e. The molecule has 2 rings (SSSR count). The first-order chi connectivity index (χ1) is 7.78. The van der Waals surface area contributed by atoms with Crippen LogP contribution in [0.25, 0.3) is 0 Å². The highest BCUT2D eigenvalue weighted by molar-refractivity contribution is 5.27. The smallest absolute Gasteiger partial charge is 0.253 e. The molecule has 0 aliphatic carbocycles. The van der Waals surface area contributed by atoms with Gasteiger partial charge in [-0.15, -0.1) is 10.2 Å². The lowest BCUT2D eigenvalue weighted by atomic mass is 10.2. The molecule has 1 aromatic carbocycles. The number of nitrogens with zero attached hydrogens (tertiary/aromatic N) is 2. The fourth-order valence-electron chi connectivity index (χ4n) is 1.26. The first kappa shape index (κ1) is 10.6. The predicted octanol–water partition coefficient (Wildman–Crippen LogP) is 1.42. The molecule has 1 heterocycles. The van der Waals surface area contributed by atoms with Gasteiger partial charge in [0.05, 0.1) is 0 Å². The monoisotopic (exact) mass is 219 g/mol. The molecule has 2 N–H and O–H groups in total. The maximum absolute atomic E-state index is 5.49. The van der Waals surface area contributed by atoms with E-state index in [9.17, 15) is 0 Å². The van der Waals surface area contributed by atoms with Crippen LogP contribution in [0.4, 0.5) is 0 Å². The molecule has 0 atom stereocenters. The average molecular weight is 219 g/mol. The molecule has 0 fully saturated rings. The van der Waals surface area contributed by atoms with Gasteiger partial charge in [0.2, 0.25) is 5.89 Å². The summed E-state index contributed by atoms with van der Waals surface area (Å²) in [5.41, 5.74) is 6.56. The zero-order valence-electron chi connectivity index (χ0n) is 9.01. The van der Waals surface area contributed by atoms with Crippen molar-refractivity contribution in [1.29, 1.82) is 0 Å². The number of benzene rings is 1. The van der Waals surface area contributed by atoms with Crippen molar-refractivity contribution >= 4 is 0 Å². The summed E-state index contributed by atoms with van der Waals surface area (Å²) in [5.74, 6) is 1.77. The van der Waals surface area contributed by atoms with E-state index in [1.54, 1.807) is 6.92 Å². The fraction of sp³-hybridized carbons (Fsp3) is 0.273. The Hall–Kier alpha value is -1.88. The summed E-state index contributed by atoms with van der Waals surface area (Å²) < 4.78 is 10.7. The Kier molecular flexibility index (Phi) is 3.16. The Morgan fingerprint density at radius 2 is 2.00 bits per heavy atom. The summed E-state index contributed by atoms with van der Waals surface area (Å²) in [6.07, 6.45) is 0. The van der Waals surface area contributed by atoms with Crippen LogP contribution in [-0.4, -0.2) is 10.2 Å². The van der Waals surface area contributed by atoms with Gasteiger partial charge in [0.25, 0.3) is 5.89 Å². The third-order valence-electron chi connectivity index (χ3n) is 2.09. The molecule has 0 radical (unpaired) electrons. The van der Waals surface area contributed by atoms with Gasteiger partial charge in [0, 0.05) is 13.5 Å². The third-order valence-corrected chi connectivity index (χ3v) is 2.09. The quantitative estimate of drug-likeness (QED) is 0.841. The molecular weight excluding hydrogens is 206 g/mol. The van der Waals surface area contributed by atoms with Crippen molar-refractivity contribution in [2.75, 3.05) is 0 Å². The Morgan fingerprint density at radius 3 is 2.56 bits per heavy atom. The second-order valence-corrected chi connectivity index (χ2v) is 3.35. The molecule has 0 bridgehead atoms. The van der Waals surface area contributed by atoms with Gasteiger partial charge in [-0.1, -0.05) is 12.1 Å². The van der Waals surface area contributed by atoms with Crippen molar-refractivity contribution < 1.29 is 9.15 Å². The number of aromatic nitrogens is 2. The van der Waals surface area contributed by atoms with Gasteiger partial charge in [-0.3, -0.25) is 0 Å². The highest BCUT2D eigenvalue weighted by atomic mass is 16.5. The van der Waals surface area contributed by atoms with Gasteiger partial charge in [-0.05, 0) is 17.7 Å². The first-order valence-electron chi connectivity index (χ1n) is 4.98. The molecule has 2 aromatic rings. The number of ether oxygens (including phenoxy) is 1. The molecule has 84 valence electrons. The van der Waals surface area contributed by atoms with Crippen molar-refractivity contribution in [3.8, 4) is 5.75 Å². The van der Waals surface area contributed by atoms with Crippen LogP contribution in [0.5, 0.6) is 5.75 Å². The minimum Gasteiger partial charge on any atom is -0.484 e. The van der Waals surface area contributed by atoms with Crippen LogP contribution in [0.3, 0.4) is 0 Å². The average Bonchev–Trinajstić information content (AvgIpc) is 2.73. The van der Waals surface area contributed by atoms with Gasteiger partial charge >= 0.3 is 0 Å². The lowest BCUT2D eigenvalue weighted by Crippen LogP contribution is -1.98. The van der Waals surface area contributed by atoms with E-state index in [0.717, 1.165) is 11.3 Å². The SMILES string of the molecule is Cc1nnc(COc2ccc(CN)cc2)o1. The zero-order valence-corrected chi connectivity index (χ0v) is 9.01. The first-order valence-corrected chi connectivity index (χ1v) is 4.98. The Balaban J connectivity index is 1.94. The number of rotatable bonds is 4. The van der Waals surface area contributed by atoms with E-state index in [1.165, 1.54) is 0 Å². The minimum atomic E-state index is 0.281. The van der Waals surface area contributed by atoms with Gasteiger partial charge in [-0.25, -0.2) is 0 Å². The summed E-state index contributed by atoms with van der Waals surface area (Å²) in [6.45, 7) is 2.55. The Morgan fingerprint density at radius 1 is 1.25 bits per heavy atom. The van der Waals surface area contributed by atoms with Crippen molar-refractivity contribution in [3.05, 3.63) is 41.6 Å². The number of hydrogen-bond acceptors (Lipinski definition) is 5. The van der Waals surface area contributed by atoms with Crippen molar-refractivity contribution in [2.45, 2.75) is 20.1 Å². The van der Waals surface area contributed by atoms with E-state index in [-0.39, 0.29) is 6.61 Å². The van der Waals surface area contributed by atoms with Crippen LogP contribution in [0.1, 0.15) is 17.3 Å². The summed E-state index contributed by atoms with van der Waals surface area (Å²) in [7, 11) is 0. The minimum absolute atomic E-state index is 0.281. The summed E-state index contributed by atoms with van der Waals surface area (Å²) in [5, 5.41) is 7.55. The molecule has 0 saturated heterocycles. The standard InChI is InChI=1S/C11H13N3O2/c1-8-13-14-11(16-8)7-15-10-4-2-9(6-12)3-5-10/h2-5H,6-7,12H2,1H3. The second kappa shape index (κ2) is 4.76. The summed E-state index contributed by atoms with van der Waals surface area (Å²) in [6, 6.07) is 7.58. The molecule has 1 aromatic heterocycles. The molecule has 16 heavy (non-hydrogen) atoms. The number of aryl methyl sites for hydroxylation is 1. The highest BCUT2D eigenvalue weighted by Gasteiger charge is 2.02. The van der Waals surface area contributed by atoms with E-state index in [0.29, 0.717) is 18.3 Å². The maximum Gasteiger partial charge on any atom is 0.253 e. The zero-order chi connectivity index (χ0) is 11.4. The molecule has 0 aliphatic heterocycles. The highest BCUT2D eigenvalue weighted by Crippen LogP contribution is 2.13. The molecule has 5 heteroatoms. The Labute approximate surface area is 93.2 Å². The normalized spacial score (nSPS) is 10.4. The number of hydrogen-bond donors (Lipinski definition) is 1. The predicted molar refractivity (Wildman–Crippen MR) is 57.7 cm³/mol.